The zero-order valence-corrected chi connectivity index (χ0v) is 7.20. The first-order valence-corrected chi connectivity index (χ1v) is 4.05. The molecule has 12 heavy (non-hydrogen) atoms. The van der Waals surface area contributed by atoms with Gasteiger partial charge in [-0.1, -0.05) is 0 Å². The summed E-state index contributed by atoms with van der Waals surface area (Å²) in [6.07, 6.45) is 2.84. The Hall–Kier alpha value is -1.09. The second-order valence-corrected chi connectivity index (χ2v) is 3.08. The standard InChI is InChI=1S/C9H11NO2/c1-6-5-8-3-4-10-7(2)9(8)12-11-6/h3-4,6H,5H2,1-2H3. The molecular formula is C9H11NO2. The summed E-state index contributed by atoms with van der Waals surface area (Å²) in [5, 5.41) is 0. The number of aromatic nitrogens is 1. The van der Waals surface area contributed by atoms with Crippen molar-refractivity contribution in [3.8, 4) is 5.75 Å². The Balaban J connectivity index is 2.42. The molecule has 3 heteroatoms. The molecule has 64 valence electrons. The summed E-state index contributed by atoms with van der Waals surface area (Å²) in [5.41, 5.74) is 2.07. The van der Waals surface area contributed by atoms with Gasteiger partial charge in [-0.15, -0.1) is 0 Å². The van der Waals surface area contributed by atoms with Crippen LogP contribution in [0.4, 0.5) is 0 Å². The maximum absolute atomic E-state index is 5.10. The van der Waals surface area contributed by atoms with Gasteiger partial charge in [-0.3, -0.25) is 4.98 Å². The maximum Gasteiger partial charge on any atom is 0.189 e. The summed E-state index contributed by atoms with van der Waals surface area (Å²) in [6, 6.07) is 1.97. The molecule has 0 saturated carbocycles. The van der Waals surface area contributed by atoms with Gasteiger partial charge in [0.2, 0.25) is 0 Å². The summed E-state index contributed by atoms with van der Waals surface area (Å²) in [5.74, 6) is 0.788. The van der Waals surface area contributed by atoms with Crippen LogP contribution in [0, 0.1) is 6.92 Å². The molecule has 2 heterocycles. The maximum atomic E-state index is 5.10. The molecule has 1 aliphatic heterocycles. The van der Waals surface area contributed by atoms with Gasteiger partial charge in [0.15, 0.2) is 5.75 Å². The first kappa shape index (κ1) is 7.55. The van der Waals surface area contributed by atoms with Gasteiger partial charge in [0.05, 0.1) is 5.69 Å². The molecule has 0 saturated heterocycles. The third-order valence-corrected chi connectivity index (χ3v) is 1.97. The highest BCUT2D eigenvalue weighted by Gasteiger charge is 2.19. The number of fused-ring (bicyclic) bond motifs is 1. The van der Waals surface area contributed by atoms with Crippen LogP contribution in [0.15, 0.2) is 12.3 Å². The van der Waals surface area contributed by atoms with Crippen molar-refractivity contribution in [2.24, 2.45) is 0 Å². The number of pyridine rings is 1. The molecule has 0 N–H and O–H groups in total. The summed E-state index contributed by atoms with van der Waals surface area (Å²) in [4.78, 5) is 14.3. The first-order chi connectivity index (χ1) is 5.77. The zero-order valence-electron chi connectivity index (χ0n) is 7.20. The lowest BCUT2D eigenvalue weighted by Crippen LogP contribution is -2.21. The lowest BCUT2D eigenvalue weighted by Gasteiger charge is -2.21. The highest BCUT2D eigenvalue weighted by atomic mass is 17.2. The molecule has 1 aliphatic rings. The molecule has 1 unspecified atom stereocenters. The molecule has 0 spiro atoms. The molecule has 1 aromatic heterocycles. The van der Waals surface area contributed by atoms with Crippen LogP contribution in [0.25, 0.3) is 0 Å². The van der Waals surface area contributed by atoms with Crippen LogP contribution in [-0.2, 0) is 11.3 Å². The lowest BCUT2D eigenvalue weighted by molar-refractivity contribution is -0.249. The Labute approximate surface area is 71.3 Å². The number of hydrogen-bond donors (Lipinski definition) is 0. The van der Waals surface area contributed by atoms with E-state index in [-0.39, 0.29) is 6.10 Å². The fraction of sp³-hybridized carbons (Fsp3) is 0.444. The molecule has 0 amide bonds. The van der Waals surface area contributed by atoms with E-state index in [1.165, 1.54) is 5.56 Å². The minimum Gasteiger partial charge on any atom is -0.335 e. The van der Waals surface area contributed by atoms with E-state index >= 15 is 0 Å². The van der Waals surface area contributed by atoms with Crippen LogP contribution in [0.2, 0.25) is 0 Å². The second-order valence-electron chi connectivity index (χ2n) is 3.08. The van der Waals surface area contributed by atoms with Crippen molar-refractivity contribution in [1.29, 1.82) is 0 Å². The monoisotopic (exact) mass is 165 g/mol. The first-order valence-electron chi connectivity index (χ1n) is 4.05. The predicted molar refractivity (Wildman–Crippen MR) is 43.9 cm³/mol. The number of rotatable bonds is 0. The minimum atomic E-state index is 0.138. The molecule has 1 aromatic rings. The molecule has 0 aliphatic carbocycles. The van der Waals surface area contributed by atoms with Crippen molar-refractivity contribution in [2.75, 3.05) is 0 Å². The van der Waals surface area contributed by atoms with E-state index in [0.29, 0.717) is 0 Å². The van der Waals surface area contributed by atoms with E-state index in [9.17, 15) is 0 Å². The van der Waals surface area contributed by atoms with E-state index < -0.39 is 0 Å². The van der Waals surface area contributed by atoms with Gasteiger partial charge >= 0.3 is 0 Å². The highest BCUT2D eigenvalue weighted by Crippen LogP contribution is 2.27. The minimum absolute atomic E-state index is 0.138. The van der Waals surface area contributed by atoms with Crippen molar-refractivity contribution in [1.82, 2.24) is 4.98 Å². The summed E-state index contributed by atoms with van der Waals surface area (Å²) in [6.45, 7) is 3.90. The van der Waals surface area contributed by atoms with Crippen LogP contribution in [0.5, 0.6) is 5.75 Å². The van der Waals surface area contributed by atoms with Gasteiger partial charge in [0.25, 0.3) is 0 Å². The zero-order chi connectivity index (χ0) is 8.55. The molecule has 0 fully saturated rings. The van der Waals surface area contributed by atoms with E-state index in [4.69, 9.17) is 9.78 Å². The Morgan fingerprint density at radius 2 is 2.42 bits per heavy atom. The van der Waals surface area contributed by atoms with E-state index in [2.05, 4.69) is 4.98 Å². The molecule has 1 atom stereocenters. The van der Waals surface area contributed by atoms with Crippen molar-refractivity contribution in [2.45, 2.75) is 26.4 Å². The summed E-state index contributed by atoms with van der Waals surface area (Å²) < 4.78 is 0. The van der Waals surface area contributed by atoms with E-state index in [0.717, 1.165) is 17.9 Å². The molecule has 3 nitrogen and oxygen atoms in total. The van der Waals surface area contributed by atoms with Crippen LogP contribution in [0.1, 0.15) is 18.2 Å². The van der Waals surface area contributed by atoms with Crippen LogP contribution in [-0.4, -0.2) is 11.1 Å². The topological polar surface area (TPSA) is 31.4 Å². The van der Waals surface area contributed by atoms with Gasteiger partial charge in [-0.25, -0.2) is 0 Å². The lowest BCUT2D eigenvalue weighted by atomic mass is 10.1. The largest absolute Gasteiger partial charge is 0.335 e. The van der Waals surface area contributed by atoms with Crippen molar-refractivity contribution in [3.63, 3.8) is 0 Å². The third kappa shape index (κ3) is 1.16. The Kier molecular flexibility index (Phi) is 1.73. The van der Waals surface area contributed by atoms with E-state index in [1.807, 2.05) is 19.9 Å². The third-order valence-electron chi connectivity index (χ3n) is 1.97. The van der Waals surface area contributed by atoms with Crippen LogP contribution < -0.4 is 4.89 Å². The SMILES string of the molecule is Cc1nccc2c1OOC(C)C2. The van der Waals surface area contributed by atoms with Crippen LogP contribution in [0.3, 0.4) is 0 Å². The average molecular weight is 165 g/mol. The number of nitrogens with zero attached hydrogens (tertiary/aromatic N) is 1. The Morgan fingerprint density at radius 1 is 1.58 bits per heavy atom. The highest BCUT2D eigenvalue weighted by molar-refractivity contribution is 5.36. The van der Waals surface area contributed by atoms with Gasteiger partial charge in [0, 0.05) is 18.2 Å². The smallest absolute Gasteiger partial charge is 0.189 e. The molecule has 0 radical (unpaired) electrons. The van der Waals surface area contributed by atoms with E-state index in [1.54, 1.807) is 6.20 Å². The number of aryl methyl sites for hydroxylation is 1. The summed E-state index contributed by atoms with van der Waals surface area (Å²) >= 11 is 0. The molecule has 2 rings (SSSR count). The van der Waals surface area contributed by atoms with Gasteiger partial charge in [0.1, 0.15) is 6.10 Å². The van der Waals surface area contributed by atoms with Gasteiger partial charge in [-0.05, 0) is 19.9 Å². The van der Waals surface area contributed by atoms with Gasteiger partial charge in [-0.2, -0.15) is 4.89 Å². The second kappa shape index (κ2) is 2.75. The molecule has 0 aromatic carbocycles. The molecule has 0 bridgehead atoms. The van der Waals surface area contributed by atoms with Crippen LogP contribution >= 0.6 is 0 Å². The van der Waals surface area contributed by atoms with Crippen molar-refractivity contribution in [3.05, 3.63) is 23.5 Å². The fourth-order valence-electron chi connectivity index (χ4n) is 1.35. The normalized spacial score (nSPS) is 21.3. The van der Waals surface area contributed by atoms with Crippen molar-refractivity contribution < 1.29 is 9.78 Å². The molecular weight excluding hydrogens is 154 g/mol. The average Bonchev–Trinajstić information content (AvgIpc) is 2.04. The number of hydrogen-bond acceptors (Lipinski definition) is 3. The predicted octanol–water partition coefficient (Wildman–Crippen LogP) is 1.65. The Bertz CT molecular complexity index is 299. The summed E-state index contributed by atoms with van der Waals surface area (Å²) in [7, 11) is 0. The van der Waals surface area contributed by atoms with Crippen molar-refractivity contribution >= 4 is 0 Å². The fourth-order valence-corrected chi connectivity index (χ4v) is 1.35. The quantitative estimate of drug-likeness (QED) is 0.548. The van der Waals surface area contributed by atoms with Gasteiger partial charge < -0.3 is 4.89 Å². The Morgan fingerprint density at radius 3 is 3.25 bits per heavy atom.